The summed E-state index contributed by atoms with van der Waals surface area (Å²) in [7, 11) is -4.11. The van der Waals surface area contributed by atoms with Crippen molar-refractivity contribution < 1.29 is 56.4 Å². The first-order valence-electron chi connectivity index (χ1n) is 12.2. The molecular weight excluding hydrogens is 557 g/mol. The number of ether oxygens (including phenoxy) is 6. The van der Waals surface area contributed by atoms with Gasteiger partial charge in [0.05, 0.1) is 37.8 Å². The van der Waals surface area contributed by atoms with E-state index in [-0.39, 0.29) is 25.1 Å². The fraction of sp³-hybridized carbons (Fsp3) is 0.636. The molecule has 1 amide bonds. The van der Waals surface area contributed by atoms with Crippen molar-refractivity contribution in [1.82, 2.24) is 19.5 Å². The minimum absolute atomic E-state index is 0.0624. The van der Waals surface area contributed by atoms with Gasteiger partial charge < -0.3 is 33.0 Å². The lowest BCUT2D eigenvalue weighted by Gasteiger charge is -2.21. The zero-order valence-electron chi connectivity index (χ0n) is 23.1. The zero-order valence-corrected chi connectivity index (χ0v) is 24.0. The summed E-state index contributed by atoms with van der Waals surface area (Å²) >= 11 is 0. The molecule has 0 aromatic carbocycles. The Kier molecular flexibility index (Phi) is 13.0. The first kappa shape index (κ1) is 32.7. The average Bonchev–Trinajstić information content (AvgIpc) is 3.26. The molecule has 18 heteroatoms. The van der Waals surface area contributed by atoms with Gasteiger partial charge in [-0.1, -0.05) is 0 Å². The van der Waals surface area contributed by atoms with Crippen LogP contribution in [0.5, 0.6) is 0 Å². The Balaban J connectivity index is 2.02. The van der Waals surface area contributed by atoms with Crippen LogP contribution in [-0.4, -0.2) is 82.8 Å². The normalized spacial score (nSPS) is 13.5. The van der Waals surface area contributed by atoms with Crippen molar-refractivity contribution in [1.29, 1.82) is 0 Å². The van der Waals surface area contributed by atoms with Crippen molar-refractivity contribution in [2.45, 2.75) is 66.4 Å². The third-order valence-electron chi connectivity index (χ3n) is 4.38. The van der Waals surface area contributed by atoms with Gasteiger partial charge in [-0.3, -0.25) is 18.9 Å². The van der Waals surface area contributed by atoms with E-state index in [1.807, 2.05) is 0 Å². The predicted octanol–water partition coefficient (Wildman–Crippen LogP) is 4.02. The van der Waals surface area contributed by atoms with Gasteiger partial charge >= 0.3 is 26.0 Å². The standard InChI is InChI=1S/C22H34N5O12P/c1-7-32-21(29)33-11-36-40(31,37-12-34-22(30)39-15(4)5)13-35-16(6)8-27-10-25-17-18(23-9-24-19(17)27)26-20(28)38-14(2)3/h9-10,14-16H,7-8,11-13H2,1-6H3,(H,23,24,26,28). The second-order valence-electron chi connectivity index (χ2n) is 8.47. The van der Waals surface area contributed by atoms with Gasteiger partial charge in [0.15, 0.2) is 17.0 Å². The Morgan fingerprint density at radius 3 is 2.20 bits per heavy atom. The molecule has 0 spiro atoms. The minimum Gasteiger partial charge on any atom is -0.447 e. The molecule has 0 saturated heterocycles. The molecule has 17 nitrogen and oxygen atoms in total. The molecule has 40 heavy (non-hydrogen) atoms. The lowest BCUT2D eigenvalue weighted by Crippen LogP contribution is -2.20. The van der Waals surface area contributed by atoms with Gasteiger partial charge in [-0.25, -0.2) is 29.3 Å². The van der Waals surface area contributed by atoms with Gasteiger partial charge in [-0.05, 0) is 41.5 Å². The number of carbonyl (C=O) groups excluding carboxylic acids is 3. The van der Waals surface area contributed by atoms with Gasteiger partial charge in [0.1, 0.15) is 12.7 Å². The summed E-state index contributed by atoms with van der Waals surface area (Å²) in [5.41, 5.74) is 0.704. The number of nitrogens with zero attached hydrogens (tertiary/aromatic N) is 4. The molecule has 0 aliphatic carbocycles. The summed E-state index contributed by atoms with van der Waals surface area (Å²) in [5.74, 6) is 0.159. The topological polar surface area (TPSA) is 198 Å². The summed E-state index contributed by atoms with van der Waals surface area (Å²) in [5, 5.41) is 2.52. The molecule has 1 N–H and O–H groups in total. The molecule has 0 fully saturated rings. The summed E-state index contributed by atoms with van der Waals surface area (Å²) in [6, 6.07) is 0. The summed E-state index contributed by atoms with van der Waals surface area (Å²) in [6.07, 6.45) is -2.03. The largest absolute Gasteiger partial charge is 0.510 e. The Labute approximate surface area is 230 Å². The smallest absolute Gasteiger partial charge is 0.447 e. The number of hydrogen-bond acceptors (Lipinski definition) is 15. The van der Waals surface area contributed by atoms with E-state index in [0.717, 1.165) is 0 Å². The molecule has 2 unspecified atom stereocenters. The molecule has 0 saturated carbocycles. The van der Waals surface area contributed by atoms with Crippen molar-refractivity contribution in [2.75, 3.05) is 31.9 Å². The lowest BCUT2D eigenvalue weighted by molar-refractivity contribution is -0.0330. The molecule has 2 heterocycles. The fourth-order valence-electron chi connectivity index (χ4n) is 2.80. The van der Waals surface area contributed by atoms with Crippen molar-refractivity contribution in [3.8, 4) is 0 Å². The van der Waals surface area contributed by atoms with E-state index in [0.29, 0.717) is 11.2 Å². The number of carbonyl (C=O) groups is 3. The quantitative estimate of drug-likeness (QED) is 0.135. The highest BCUT2D eigenvalue weighted by Gasteiger charge is 2.29. The molecule has 0 aliphatic rings. The number of nitrogens with one attached hydrogen (secondary N) is 1. The Morgan fingerprint density at radius 2 is 1.57 bits per heavy atom. The maximum Gasteiger partial charge on any atom is 0.510 e. The van der Waals surface area contributed by atoms with E-state index in [9.17, 15) is 18.9 Å². The third-order valence-corrected chi connectivity index (χ3v) is 5.84. The average molecular weight is 592 g/mol. The number of anilines is 1. The van der Waals surface area contributed by atoms with E-state index in [2.05, 4.69) is 29.7 Å². The van der Waals surface area contributed by atoms with E-state index in [1.165, 1.54) is 12.7 Å². The van der Waals surface area contributed by atoms with E-state index < -0.39 is 58.1 Å². The molecule has 0 bridgehead atoms. The first-order valence-corrected chi connectivity index (χ1v) is 13.9. The maximum atomic E-state index is 13.2. The van der Waals surface area contributed by atoms with Gasteiger partial charge in [-0.15, -0.1) is 0 Å². The van der Waals surface area contributed by atoms with Crippen molar-refractivity contribution >= 4 is 43.0 Å². The SMILES string of the molecule is CCOC(=O)OCOP(=O)(COC(C)Cn1cnc2c(NC(=O)OC(C)C)ncnc21)OCOC(=O)OC(C)C. The highest BCUT2D eigenvalue weighted by molar-refractivity contribution is 7.53. The summed E-state index contributed by atoms with van der Waals surface area (Å²) in [4.78, 5) is 47.4. The first-order chi connectivity index (χ1) is 18.9. The Morgan fingerprint density at radius 1 is 0.925 bits per heavy atom. The number of amides is 1. The highest BCUT2D eigenvalue weighted by atomic mass is 31.2. The maximum absolute atomic E-state index is 13.2. The van der Waals surface area contributed by atoms with E-state index in [4.69, 9.17) is 28.0 Å². The van der Waals surface area contributed by atoms with Crippen LogP contribution in [0.25, 0.3) is 11.2 Å². The lowest BCUT2D eigenvalue weighted by atomic mass is 10.4. The molecule has 2 aromatic rings. The van der Waals surface area contributed by atoms with Gasteiger partial charge in [-0.2, -0.15) is 0 Å². The molecule has 0 aliphatic heterocycles. The second kappa shape index (κ2) is 15.9. The number of imidazole rings is 1. The summed E-state index contributed by atoms with van der Waals surface area (Å²) in [6.45, 7) is 8.59. The van der Waals surface area contributed by atoms with Gasteiger partial charge in [0.25, 0.3) is 0 Å². The summed E-state index contributed by atoms with van der Waals surface area (Å²) < 4.78 is 54.6. The van der Waals surface area contributed by atoms with E-state index >= 15 is 0 Å². The van der Waals surface area contributed by atoms with Crippen LogP contribution in [0.2, 0.25) is 0 Å². The van der Waals surface area contributed by atoms with Crippen LogP contribution in [-0.2, 0) is 48.6 Å². The van der Waals surface area contributed by atoms with Crippen LogP contribution in [0.4, 0.5) is 20.2 Å². The molecule has 2 atom stereocenters. The molecule has 224 valence electrons. The third kappa shape index (κ3) is 11.3. The van der Waals surface area contributed by atoms with E-state index in [1.54, 1.807) is 46.1 Å². The van der Waals surface area contributed by atoms with Crippen LogP contribution in [0, 0.1) is 0 Å². The molecule has 2 aromatic heterocycles. The van der Waals surface area contributed by atoms with Crippen molar-refractivity contribution in [3.63, 3.8) is 0 Å². The number of hydrogen-bond donors (Lipinski definition) is 1. The van der Waals surface area contributed by atoms with Gasteiger partial charge in [0, 0.05) is 0 Å². The zero-order chi connectivity index (χ0) is 29.7. The predicted molar refractivity (Wildman–Crippen MR) is 136 cm³/mol. The Hall–Kier alpha value is -3.53. The van der Waals surface area contributed by atoms with Crippen LogP contribution >= 0.6 is 7.60 Å². The molecule has 0 radical (unpaired) electrons. The minimum atomic E-state index is -4.11. The van der Waals surface area contributed by atoms with Crippen LogP contribution < -0.4 is 5.32 Å². The van der Waals surface area contributed by atoms with Gasteiger partial charge in [0.2, 0.25) is 13.6 Å². The molecule has 2 rings (SSSR count). The van der Waals surface area contributed by atoms with Crippen LogP contribution in [0.15, 0.2) is 12.7 Å². The second-order valence-corrected chi connectivity index (χ2v) is 10.5. The van der Waals surface area contributed by atoms with Crippen LogP contribution in [0.1, 0.15) is 41.5 Å². The van der Waals surface area contributed by atoms with Crippen molar-refractivity contribution in [2.24, 2.45) is 0 Å². The number of rotatable bonds is 15. The highest BCUT2D eigenvalue weighted by Crippen LogP contribution is 2.48. The fourth-order valence-corrected chi connectivity index (χ4v) is 3.89. The number of aromatic nitrogens is 4. The Bertz CT molecular complexity index is 1170. The van der Waals surface area contributed by atoms with Crippen molar-refractivity contribution in [3.05, 3.63) is 12.7 Å². The molecular formula is C22H34N5O12P. The van der Waals surface area contributed by atoms with Crippen LogP contribution in [0.3, 0.4) is 0 Å². The monoisotopic (exact) mass is 591 g/mol. The number of fused-ring (bicyclic) bond motifs is 1.